The van der Waals surface area contributed by atoms with Crippen LogP contribution in [0.4, 0.5) is 17.1 Å². The van der Waals surface area contributed by atoms with Gasteiger partial charge in [-0.1, -0.05) is 103 Å². The third-order valence-electron chi connectivity index (χ3n) is 10.2. The fraction of sp³-hybridized carbons (Fsp3) is 0. The molecule has 0 fully saturated rings. The molecule has 4 nitrogen and oxygen atoms in total. The van der Waals surface area contributed by atoms with Gasteiger partial charge in [0, 0.05) is 39.5 Å². The zero-order valence-electron chi connectivity index (χ0n) is 27.4. The normalized spacial score (nSPS) is 11.9. The minimum absolute atomic E-state index is 0.584. The van der Waals surface area contributed by atoms with Crippen molar-refractivity contribution in [2.24, 2.45) is 0 Å². The minimum Gasteiger partial charge on any atom is -0.456 e. The third kappa shape index (κ3) is 4.37. The van der Waals surface area contributed by atoms with Crippen molar-refractivity contribution >= 4 is 93.2 Å². The van der Waals surface area contributed by atoms with Crippen LogP contribution in [0.3, 0.4) is 0 Å². The molecule has 0 saturated carbocycles. The standard InChI is InChI=1S/C47H28N2O2/c1-2-12-33(13-3-1)49(34-19-23-37-32(25-34)18-22-38-36-14-7-6-9-29(36)17-21-39(37)38)35-20-24-40-44(28-35)50-43-16-8-15-41(46(40)43)47-48-42-26-30-10-4-5-11-31(30)27-45(42)51-47/h1-28H. The fourth-order valence-corrected chi connectivity index (χ4v) is 7.84. The number of rotatable bonds is 4. The highest BCUT2D eigenvalue weighted by Gasteiger charge is 2.20. The SMILES string of the molecule is c1ccc(N(c2ccc3c(ccc4c5ccccc5ccc34)c2)c2ccc3c(c2)oc2cccc(-c4nc5cc6ccccc6cc5o4)c23)cc1. The Morgan fingerprint density at radius 3 is 1.88 bits per heavy atom. The third-order valence-corrected chi connectivity index (χ3v) is 10.2. The number of oxazole rings is 1. The molecule has 2 aromatic heterocycles. The maximum Gasteiger partial charge on any atom is 0.228 e. The molecule has 11 rings (SSSR count). The van der Waals surface area contributed by atoms with Crippen molar-refractivity contribution in [3.05, 3.63) is 170 Å². The first kappa shape index (κ1) is 28.0. The van der Waals surface area contributed by atoms with Gasteiger partial charge in [0.25, 0.3) is 0 Å². The summed E-state index contributed by atoms with van der Waals surface area (Å²) in [6.45, 7) is 0. The van der Waals surface area contributed by atoms with Crippen LogP contribution >= 0.6 is 0 Å². The van der Waals surface area contributed by atoms with Gasteiger partial charge in [0.15, 0.2) is 5.58 Å². The number of benzene rings is 9. The maximum atomic E-state index is 6.57. The molecule has 51 heavy (non-hydrogen) atoms. The number of anilines is 3. The van der Waals surface area contributed by atoms with Crippen molar-refractivity contribution < 1.29 is 8.83 Å². The molecule has 0 spiro atoms. The smallest absolute Gasteiger partial charge is 0.228 e. The minimum atomic E-state index is 0.584. The first-order valence-electron chi connectivity index (χ1n) is 17.2. The largest absolute Gasteiger partial charge is 0.456 e. The molecule has 0 aliphatic heterocycles. The van der Waals surface area contributed by atoms with Crippen LogP contribution in [-0.4, -0.2) is 4.98 Å². The summed E-state index contributed by atoms with van der Waals surface area (Å²) in [5.74, 6) is 0.584. The molecule has 0 amide bonds. The van der Waals surface area contributed by atoms with Gasteiger partial charge < -0.3 is 13.7 Å². The van der Waals surface area contributed by atoms with Crippen LogP contribution in [0, 0.1) is 0 Å². The van der Waals surface area contributed by atoms with Crippen LogP contribution in [0.15, 0.2) is 179 Å². The average molecular weight is 653 g/mol. The molecule has 0 N–H and O–H groups in total. The lowest BCUT2D eigenvalue weighted by molar-refractivity contribution is 0.620. The van der Waals surface area contributed by atoms with Crippen molar-refractivity contribution in [1.29, 1.82) is 0 Å². The second-order valence-electron chi connectivity index (χ2n) is 13.2. The van der Waals surface area contributed by atoms with E-state index in [4.69, 9.17) is 13.8 Å². The Kier molecular flexibility index (Phi) is 5.92. The number of aromatic nitrogens is 1. The molecule has 2 heterocycles. The lowest BCUT2D eigenvalue weighted by atomic mass is 9.96. The predicted octanol–water partition coefficient (Wildman–Crippen LogP) is 13.5. The van der Waals surface area contributed by atoms with Gasteiger partial charge in [-0.15, -0.1) is 0 Å². The Labute approximate surface area is 292 Å². The van der Waals surface area contributed by atoms with Gasteiger partial charge in [-0.05, 0) is 104 Å². The van der Waals surface area contributed by atoms with Gasteiger partial charge in [-0.25, -0.2) is 4.98 Å². The lowest BCUT2D eigenvalue weighted by Gasteiger charge is -2.26. The fourth-order valence-electron chi connectivity index (χ4n) is 7.84. The predicted molar refractivity (Wildman–Crippen MR) is 211 cm³/mol. The lowest BCUT2D eigenvalue weighted by Crippen LogP contribution is -2.09. The first-order valence-corrected chi connectivity index (χ1v) is 17.2. The second-order valence-corrected chi connectivity index (χ2v) is 13.2. The number of hydrogen-bond acceptors (Lipinski definition) is 4. The molecule has 9 aromatic carbocycles. The molecule has 238 valence electrons. The van der Waals surface area contributed by atoms with E-state index in [-0.39, 0.29) is 0 Å². The van der Waals surface area contributed by atoms with E-state index in [1.54, 1.807) is 0 Å². The van der Waals surface area contributed by atoms with E-state index in [1.807, 2.05) is 24.3 Å². The van der Waals surface area contributed by atoms with Gasteiger partial charge in [0.1, 0.15) is 16.7 Å². The molecular weight excluding hydrogens is 625 g/mol. The van der Waals surface area contributed by atoms with Crippen LogP contribution in [-0.2, 0) is 0 Å². The van der Waals surface area contributed by atoms with E-state index < -0.39 is 0 Å². The van der Waals surface area contributed by atoms with Crippen LogP contribution in [0.2, 0.25) is 0 Å². The monoisotopic (exact) mass is 652 g/mol. The van der Waals surface area contributed by atoms with E-state index >= 15 is 0 Å². The summed E-state index contributed by atoms with van der Waals surface area (Å²) >= 11 is 0. The molecule has 0 unspecified atom stereocenters. The topological polar surface area (TPSA) is 42.4 Å². The number of para-hydroxylation sites is 1. The summed E-state index contributed by atoms with van der Waals surface area (Å²) in [7, 11) is 0. The van der Waals surface area contributed by atoms with Crippen molar-refractivity contribution in [3.63, 3.8) is 0 Å². The Bertz CT molecular complexity index is 3100. The number of furan rings is 1. The maximum absolute atomic E-state index is 6.57. The van der Waals surface area contributed by atoms with Gasteiger partial charge in [-0.3, -0.25) is 0 Å². The van der Waals surface area contributed by atoms with E-state index in [9.17, 15) is 0 Å². The Hall–Kier alpha value is -6.91. The summed E-state index contributed by atoms with van der Waals surface area (Å²) in [6, 6.07) is 59.9. The molecule has 0 saturated heterocycles. The van der Waals surface area contributed by atoms with E-state index in [1.165, 1.54) is 32.3 Å². The van der Waals surface area contributed by atoms with Crippen molar-refractivity contribution in [1.82, 2.24) is 4.98 Å². The van der Waals surface area contributed by atoms with E-state index in [2.05, 4.69) is 150 Å². The Morgan fingerprint density at radius 1 is 0.373 bits per heavy atom. The molecule has 11 aromatic rings. The quantitative estimate of drug-likeness (QED) is 0.177. The Morgan fingerprint density at radius 2 is 1.04 bits per heavy atom. The Balaban J connectivity index is 1.06. The zero-order valence-corrected chi connectivity index (χ0v) is 27.4. The van der Waals surface area contributed by atoms with Crippen molar-refractivity contribution in [2.75, 3.05) is 4.90 Å². The molecule has 4 heteroatoms. The second kappa shape index (κ2) is 10.8. The highest BCUT2D eigenvalue weighted by Crippen LogP contribution is 2.43. The first-order chi connectivity index (χ1) is 25.2. The summed E-state index contributed by atoms with van der Waals surface area (Å²) in [4.78, 5) is 7.23. The van der Waals surface area contributed by atoms with Crippen LogP contribution < -0.4 is 4.90 Å². The van der Waals surface area contributed by atoms with Crippen LogP contribution in [0.5, 0.6) is 0 Å². The van der Waals surface area contributed by atoms with Crippen LogP contribution in [0.25, 0.3) is 87.6 Å². The summed E-state index contributed by atoms with van der Waals surface area (Å²) in [6.07, 6.45) is 0. The van der Waals surface area contributed by atoms with Gasteiger partial charge in [-0.2, -0.15) is 0 Å². The van der Waals surface area contributed by atoms with E-state index in [0.29, 0.717) is 5.89 Å². The highest BCUT2D eigenvalue weighted by atomic mass is 16.3. The van der Waals surface area contributed by atoms with Crippen molar-refractivity contribution in [2.45, 2.75) is 0 Å². The molecule has 0 bridgehead atoms. The number of hydrogen-bond donors (Lipinski definition) is 0. The van der Waals surface area contributed by atoms with E-state index in [0.717, 1.165) is 66.4 Å². The summed E-state index contributed by atoms with van der Waals surface area (Å²) < 4.78 is 13.0. The van der Waals surface area contributed by atoms with Gasteiger partial charge >= 0.3 is 0 Å². The van der Waals surface area contributed by atoms with Crippen LogP contribution in [0.1, 0.15) is 0 Å². The number of fused-ring (bicyclic) bond motifs is 10. The molecule has 0 aliphatic carbocycles. The zero-order chi connectivity index (χ0) is 33.5. The molecular formula is C47H28N2O2. The number of nitrogens with zero attached hydrogens (tertiary/aromatic N) is 2. The van der Waals surface area contributed by atoms with Gasteiger partial charge in [0.05, 0.1) is 0 Å². The summed E-state index contributed by atoms with van der Waals surface area (Å²) in [5, 5.41) is 11.8. The molecule has 0 aliphatic rings. The summed E-state index contributed by atoms with van der Waals surface area (Å²) in [5.41, 5.74) is 7.27. The molecule has 0 atom stereocenters. The highest BCUT2D eigenvalue weighted by molar-refractivity contribution is 6.18. The molecule has 0 radical (unpaired) electrons. The van der Waals surface area contributed by atoms with Crippen molar-refractivity contribution in [3.8, 4) is 11.5 Å². The average Bonchev–Trinajstić information content (AvgIpc) is 3.78. The van der Waals surface area contributed by atoms with Gasteiger partial charge in [0.2, 0.25) is 5.89 Å².